The van der Waals surface area contributed by atoms with Crippen molar-refractivity contribution in [3.63, 3.8) is 0 Å². The topological polar surface area (TPSA) is 37.8 Å². The number of ether oxygens (including phenoxy) is 2. The number of benzene rings is 1. The molecule has 2 aliphatic heterocycles. The van der Waals surface area contributed by atoms with Gasteiger partial charge in [0, 0.05) is 37.9 Å². The Bertz CT molecular complexity index is 783. The Morgan fingerprint density at radius 3 is 2.54 bits per heavy atom. The number of para-hydroxylation sites is 1. The molecule has 1 aromatic heterocycles. The van der Waals surface area contributed by atoms with Crippen LogP contribution in [0.1, 0.15) is 30.5 Å². The molecule has 2 aromatic rings. The number of hydrogen-bond donors (Lipinski definition) is 0. The molecule has 5 nitrogen and oxygen atoms in total. The molecule has 2 saturated heterocycles. The maximum Gasteiger partial charge on any atom is 0.165 e. The second-order valence-corrected chi connectivity index (χ2v) is 8.25. The Kier molecular flexibility index (Phi) is 5.83. The van der Waals surface area contributed by atoms with Crippen molar-refractivity contribution in [3.05, 3.63) is 53.9 Å². The molecule has 0 N–H and O–H groups in total. The van der Waals surface area contributed by atoms with Gasteiger partial charge in [-0.05, 0) is 56.0 Å². The number of piperidine rings is 1. The fourth-order valence-corrected chi connectivity index (χ4v) is 4.98. The third kappa shape index (κ3) is 4.15. The van der Waals surface area contributed by atoms with Crippen molar-refractivity contribution in [2.45, 2.75) is 32.4 Å². The second kappa shape index (κ2) is 8.50. The van der Waals surface area contributed by atoms with E-state index in [9.17, 15) is 0 Å². The number of nitrogens with zero attached hydrogens (tertiary/aromatic N) is 3. The highest BCUT2D eigenvalue weighted by Crippen LogP contribution is 2.40. The summed E-state index contributed by atoms with van der Waals surface area (Å²) in [6.45, 7) is 6.55. The Labute approximate surface area is 168 Å². The summed E-state index contributed by atoms with van der Waals surface area (Å²) in [6.07, 6.45) is 5.78. The zero-order chi connectivity index (χ0) is 19.4. The highest BCUT2D eigenvalue weighted by molar-refractivity contribution is 5.46. The van der Waals surface area contributed by atoms with Gasteiger partial charge in [-0.1, -0.05) is 18.2 Å². The molecule has 150 valence electrons. The van der Waals surface area contributed by atoms with Crippen LogP contribution in [0, 0.1) is 5.41 Å². The first-order valence-corrected chi connectivity index (χ1v) is 10.3. The van der Waals surface area contributed by atoms with Gasteiger partial charge in [-0.3, -0.25) is 14.8 Å². The van der Waals surface area contributed by atoms with Gasteiger partial charge in [0.1, 0.15) is 0 Å². The second-order valence-electron chi connectivity index (χ2n) is 8.25. The lowest BCUT2D eigenvalue weighted by atomic mass is 9.79. The highest BCUT2D eigenvalue weighted by Gasteiger charge is 2.41. The van der Waals surface area contributed by atoms with Gasteiger partial charge in [0.2, 0.25) is 0 Å². The number of hydrogen-bond acceptors (Lipinski definition) is 5. The van der Waals surface area contributed by atoms with Gasteiger partial charge in [0.25, 0.3) is 0 Å². The predicted molar refractivity (Wildman–Crippen MR) is 111 cm³/mol. The number of aromatic nitrogens is 1. The van der Waals surface area contributed by atoms with Crippen molar-refractivity contribution >= 4 is 0 Å². The fourth-order valence-electron chi connectivity index (χ4n) is 4.98. The van der Waals surface area contributed by atoms with Gasteiger partial charge in [0.15, 0.2) is 11.5 Å². The van der Waals surface area contributed by atoms with E-state index in [2.05, 4.69) is 39.0 Å². The molecule has 1 spiro atoms. The lowest BCUT2D eigenvalue weighted by Gasteiger charge is -2.40. The minimum absolute atomic E-state index is 0.416. The molecule has 0 aliphatic carbocycles. The van der Waals surface area contributed by atoms with Gasteiger partial charge in [-0.25, -0.2) is 0 Å². The molecular weight excluding hydrogens is 350 g/mol. The molecule has 1 unspecified atom stereocenters. The minimum Gasteiger partial charge on any atom is -0.493 e. The van der Waals surface area contributed by atoms with Crippen LogP contribution >= 0.6 is 0 Å². The first kappa shape index (κ1) is 19.2. The van der Waals surface area contributed by atoms with E-state index in [1.165, 1.54) is 43.6 Å². The molecular formula is C23H31N3O2. The molecule has 3 heterocycles. The maximum atomic E-state index is 5.64. The van der Waals surface area contributed by atoms with E-state index in [4.69, 9.17) is 9.47 Å². The van der Waals surface area contributed by atoms with Crippen LogP contribution in [0.4, 0.5) is 0 Å². The molecule has 0 saturated carbocycles. The standard InChI is InChI=1S/C23H31N3O2/c1-27-21-9-5-7-19(22(21)28-2)15-25-13-6-10-23(17-25)11-14-26(18-23)16-20-8-3-4-12-24-20/h3-5,7-9,12H,6,10-11,13-18H2,1-2H3. The van der Waals surface area contributed by atoms with Crippen LogP contribution < -0.4 is 9.47 Å². The first-order chi connectivity index (χ1) is 13.7. The third-order valence-corrected chi connectivity index (χ3v) is 6.25. The number of rotatable bonds is 6. The zero-order valence-electron chi connectivity index (χ0n) is 17.1. The van der Waals surface area contributed by atoms with Crippen LogP contribution in [-0.2, 0) is 13.1 Å². The molecule has 0 radical (unpaired) electrons. The summed E-state index contributed by atoms with van der Waals surface area (Å²) in [4.78, 5) is 9.69. The van der Waals surface area contributed by atoms with Crippen molar-refractivity contribution in [1.82, 2.24) is 14.8 Å². The van der Waals surface area contributed by atoms with E-state index in [1.54, 1.807) is 14.2 Å². The van der Waals surface area contributed by atoms with Crippen molar-refractivity contribution < 1.29 is 9.47 Å². The minimum atomic E-state index is 0.416. The maximum absolute atomic E-state index is 5.64. The number of methoxy groups -OCH3 is 2. The van der Waals surface area contributed by atoms with Gasteiger partial charge in [-0.15, -0.1) is 0 Å². The molecule has 2 aliphatic rings. The van der Waals surface area contributed by atoms with Crippen molar-refractivity contribution in [2.75, 3.05) is 40.4 Å². The smallest absolute Gasteiger partial charge is 0.165 e. The van der Waals surface area contributed by atoms with Crippen molar-refractivity contribution in [2.24, 2.45) is 5.41 Å². The average Bonchev–Trinajstić information content (AvgIpc) is 3.10. The molecule has 4 rings (SSSR count). The molecule has 1 atom stereocenters. The van der Waals surface area contributed by atoms with Crippen LogP contribution in [0.15, 0.2) is 42.6 Å². The van der Waals surface area contributed by atoms with Gasteiger partial charge < -0.3 is 9.47 Å². The van der Waals surface area contributed by atoms with Gasteiger partial charge in [-0.2, -0.15) is 0 Å². The molecule has 0 bridgehead atoms. The molecule has 5 heteroatoms. The molecule has 0 amide bonds. The van der Waals surface area contributed by atoms with E-state index in [1.807, 2.05) is 18.3 Å². The Hall–Kier alpha value is -2.11. The SMILES string of the molecule is COc1cccc(CN2CCCC3(CCN(Cc4ccccn4)C3)C2)c1OC. The van der Waals surface area contributed by atoms with E-state index < -0.39 is 0 Å². The number of likely N-dealkylation sites (tertiary alicyclic amines) is 2. The van der Waals surface area contributed by atoms with Crippen LogP contribution in [0.3, 0.4) is 0 Å². The Morgan fingerprint density at radius 2 is 1.79 bits per heavy atom. The summed E-state index contributed by atoms with van der Waals surface area (Å²) in [5, 5.41) is 0. The van der Waals surface area contributed by atoms with Crippen molar-refractivity contribution in [1.29, 1.82) is 0 Å². The number of pyridine rings is 1. The van der Waals surface area contributed by atoms with Crippen LogP contribution in [0.2, 0.25) is 0 Å². The Morgan fingerprint density at radius 1 is 0.929 bits per heavy atom. The zero-order valence-corrected chi connectivity index (χ0v) is 17.1. The van der Waals surface area contributed by atoms with Gasteiger partial charge in [0.05, 0.1) is 19.9 Å². The van der Waals surface area contributed by atoms with Crippen LogP contribution in [0.5, 0.6) is 11.5 Å². The molecule has 2 fully saturated rings. The summed E-state index contributed by atoms with van der Waals surface area (Å²) in [5.41, 5.74) is 2.80. The average molecular weight is 382 g/mol. The summed E-state index contributed by atoms with van der Waals surface area (Å²) in [6, 6.07) is 12.4. The van der Waals surface area contributed by atoms with Crippen LogP contribution in [-0.4, -0.2) is 55.2 Å². The van der Waals surface area contributed by atoms with Gasteiger partial charge >= 0.3 is 0 Å². The summed E-state index contributed by atoms with van der Waals surface area (Å²) < 4.78 is 11.1. The lowest BCUT2D eigenvalue weighted by Crippen LogP contribution is -2.44. The normalized spacial score (nSPS) is 23.2. The van der Waals surface area contributed by atoms with Crippen LogP contribution in [0.25, 0.3) is 0 Å². The summed E-state index contributed by atoms with van der Waals surface area (Å²) in [7, 11) is 3.43. The largest absolute Gasteiger partial charge is 0.493 e. The Balaban J connectivity index is 1.41. The highest BCUT2D eigenvalue weighted by atomic mass is 16.5. The summed E-state index contributed by atoms with van der Waals surface area (Å²) >= 11 is 0. The van der Waals surface area contributed by atoms with E-state index >= 15 is 0 Å². The molecule has 1 aromatic carbocycles. The van der Waals surface area contributed by atoms with E-state index in [0.717, 1.165) is 37.7 Å². The first-order valence-electron chi connectivity index (χ1n) is 10.3. The monoisotopic (exact) mass is 381 g/mol. The van der Waals surface area contributed by atoms with Crippen molar-refractivity contribution in [3.8, 4) is 11.5 Å². The van der Waals surface area contributed by atoms with E-state index in [0.29, 0.717) is 5.41 Å². The third-order valence-electron chi connectivity index (χ3n) is 6.25. The fraction of sp³-hybridized carbons (Fsp3) is 0.522. The predicted octanol–water partition coefficient (Wildman–Crippen LogP) is 3.59. The summed E-state index contributed by atoms with van der Waals surface area (Å²) in [5.74, 6) is 1.68. The quantitative estimate of drug-likeness (QED) is 0.765. The van der Waals surface area contributed by atoms with E-state index in [-0.39, 0.29) is 0 Å². The lowest BCUT2D eigenvalue weighted by molar-refractivity contribution is 0.0858. The molecule has 28 heavy (non-hydrogen) atoms.